The molecule has 1 saturated carbocycles. The number of hydrogen-bond donors (Lipinski definition) is 0. The van der Waals surface area contributed by atoms with Crippen molar-refractivity contribution in [3.63, 3.8) is 0 Å². The Bertz CT molecular complexity index is 372. The third-order valence-corrected chi connectivity index (χ3v) is 3.13. The van der Waals surface area contributed by atoms with Gasteiger partial charge in [-0.25, -0.2) is 4.98 Å². The summed E-state index contributed by atoms with van der Waals surface area (Å²) in [4.78, 5) is 6.81. The summed E-state index contributed by atoms with van der Waals surface area (Å²) in [6.07, 6.45) is 6.40. The highest BCUT2D eigenvalue weighted by Crippen LogP contribution is 2.34. The van der Waals surface area contributed by atoms with Crippen molar-refractivity contribution in [2.24, 2.45) is 0 Å². The maximum absolute atomic E-state index is 4.49. The smallest absolute Gasteiger partial charge is 0.143 e. The van der Waals surface area contributed by atoms with Crippen LogP contribution in [0.3, 0.4) is 0 Å². The van der Waals surface area contributed by atoms with E-state index in [4.69, 9.17) is 0 Å². The van der Waals surface area contributed by atoms with Crippen molar-refractivity contribution in [1.82, 2.24) is 4.98 Å². The van der Waals surface area contributed by atoms with Crippen LogP contribution in [0, 0.1) is 6.92 Å². The van der Waals surface area contributed by atoms with Crippen LogP contribution >= 0.6 is 15.9 Å². The molecule has 15 heavy (non-hydrogen) atoms. The molecule has 0 bridgehead atoms. The molecule has 0 aromatic carbocycles. The molecular formula is C12H15BrN2. The lowest BCUT2D eigenvalue weighted by atomic mass is 10.3. The molecule has 1 aromatic heterocycles. The Labute approximate surface area is 99.1 Å². The van der Waals surface area contributed by atoms with Crippen molar-refractivity contribution in [3.8, 4) is 0 Å². The van der Waals surface area contributed by atoms with Gasteiger partial charge in [-0.15, -0.1) is 6.58 Å². The molecule has 1 aromatic rings. The molecule has 0 atom stereocenters. The summed E-state index contributed by atoms with van der Waals surface area (Å²) in [6, 6.07) is 2.77. The molecule has 0 aliphatic heterocycles. The van der Waals surface area contributed by atoms with Gasteiger partial charge in [-0.1, -0.05) is 6.08 Å². The van der Waals surface area contributed by atoms with Crippen LogP contribution in [0.4, 0.5) is 5.82 Å². The van der Waals surface area contributed by atoms with E-state index in [1.165, 1.54) is 18.4 Å². The molecule has 0 saturated heterocycles. The van der Waals surface area contributed by atoms with E-state index in [-0.39, 0.29) is 0 Å². The Morgan fingerprint density at radius 1 is 1.67 bits per heavy atom. The molecule has 1 fully saturated rings. The van der Waals surface area contributed by atoms with Crippen LogP contribution in [0.5, 0.6) is 0 Å². The van der Waals surface area contributed by atoms with Gasteiger partial charge in [-0.3, -0.25) is 0 Å². The number of rotatable bonds is 4. The van der Waals surface area contributed by atoms with Crippen LogP contribution in [0.25, 0.3) is 0 Å². The summed E-state index contributed by atoms with van der Waals surface area (Å²) in [5, 5.41) is 0. The van der Waals surface area contributed by atoms with E-state index < -0.39 is 0 Å². The highest BCUT2D eigenvalue weighted by Gasteiger charge is 2.30. The monoisotopic (exact) mass is 266 g/mol. The lowest BCUT2D eigenvalue weighted by Gasteiger charge is -2.23. The fraction of sp³-hybridized carbons (Fsp3) is 0.417. The maximum Gasteiger partial charge on any atom is 0.143 e. The summed E-state index contributed by atoms with van der Waals surface area (Å²) in [7, 11) is 0. The third kappa shape index (κ3) is 2.40. The standard InChI is InChI=1S/C12H15BrN2/c1-3-6-15(10-4-5-10)12-11(13)7-9(2)8-14-12/h3,7-8,10H,1,4-6H2,2H3. The number of hydrogen-bond acceptors (Lipinski definition) is 2. The average molecular weight is 267 g/mol. The molecule has 1 heterocycles. The van der Waals surface area contributed by atoms with Crippen molar-refractivity contribution < 1.29 is 0 Å². The Kier molecular flexibility index (Phi) is 3.10. The number of aromatic nitrogens is 1. The van der Waals surface area contributed by atoms with Crippen molar-refractivity contribution in [2.75, 3.05) is 11.4 Å². The molecular weight excluding hydrogens is 252 g/mol. The molecule has 0 N–H and O–H groups in total. The second-order valence-corrected chi connectivity index (χ2v) is 4.84. The molecule has 1 aliphatic carbocycles. The van der Waals surface area contributed by atoms with E-state index in [0.29, 0.717) is 6.04 Å². The van der Waals surface area contributed by atoms with E-state index >= 15 is 0 Å². The number of aryl methyl sites for hydroxylation is 1. The first-order valence-electron chi connectivity index (χ1n) is 5.22. The lowest BCUT2D eigenvalue weighted by Crippen LogP contribution is -2.26. The fourth-order valence-electron chi connectivity index (χ4n) is 1.67. The zero-order chi connectivity index (χ0) is 10.8. The summed E-state index contributed by atoms with van der Waals surface area (Å²) in [5.74, 6) is 1.04. The third-order valence-electron chi connectivity index (χ3n) is 2.54. The highest BCUT2D eigenvalue weighted by atomic mass is 79.9. The van der Waals surface area contributed by atoms with Gasteiger partial charge in [-0.2, -0.15) is 0 Å². The summed E-state index contributed by atoms with van der Waals surface area (Å²) < 4.78 is 1.08. The largest absolute Gasteiger partial charge is 0.349 e. The van der Waals surface area contributed by atoms with Crippen LogP contribution in [-0.2, 0) is 0 Å². The van der Waals surface area contributed by atoms with E-state index in [1.54, 1.807) is 0 Å². The predicted octanol–water partition coefficient (Wildman–Crippen LogP) is 3.31. The zero-order valence-corrected chi connectivity index (χ0v) is 10.5. The molecule has 0 spiro atoms. The van der Waals surface area contributed by atoms with Crippen LogP contribution in [0.2, 0.25) is 0 Å². The molecule has 0 radical (unpaired) electrons. The minimum Gasteiger partial charge on any atom is -0.349 e. The van der Waals surface area contributed by atoms with Gasteiger partial charge in [0.2, 0.25) is 0 Å². The van der Waals surface area contributed by atoms with Gasteiger partial charge in [0.1, 0.15) is 5.82 Å². The Morgan fingerprint density at radius 3 is 2.93 bits per heavy atom. The van der Waals surface area contributed by atoms with Crippen molar-refractivity contribution >= 4 is 21.7 Å². The van der Waals surface area contributed by atoms with Gasteiger partial charge < -0.3 is 4.90 Å². The van der Waals surface area contributed by atoms with Crippen LogP contribution in [0.15, 0.2) is 29.4 Å². The van der Waals surface area contributed by atoms with Crippen molar-refractivity contribution in [3.05, 3.63) is 35.0 Å². The molecule has 1 aliphatic rings. The normalized spacial score (nSPS) is 15.1. The van der Waals surface area contributed by atoms with Gasteiger partial charge in [0.05, 0.1) is 4.47 Å². The Balaban J connectivity index is 2.28. The lowest BCUT2D eigenvalue weighted by molar-refractivity contribution is 0.837. The second-order valence-electron chi connectivity index (χ2n) is 3.99. The number of halogens is 1. The van der Waals surface area contributed by atoms with Gasteiger partial charge in [0.15, 0.2) is 0 Å². The predicted molar refractivity (Wildman–Crippen MR) is 67.2 cm³/mol. The van der Waals surface area contributed by atoms with Crippen LogP contribution < -0.4 is 4.90 Å². The van der Waals surface area contributed by atoms with Crippen LogP contribution in [-0.4, -0.2) is 17.6 Å². The number of anilines is 1. The van der Waals surface area contributed by atoms with Crippen LogP contribution in [0.1, 0.15) is 18.4 Å². The summed E-state index contributed by atoms with van der Waals surface area (Å²) in [6.45, 7) is 6.73. The van der Waals surface area contributed by atoms with E-state index in [0.717, 1.165) is 16.8 Å². The molecule has 3 heteroatoms. The van der Waals surface area contributed by atoms with Crippen molar-refractivity contribution in [1.29, 1.82) is 0 Å². The minimum atomic E-state index is 0.662. The van der Waals surface area contributed by atoms with Gasteiger partial charge in [0, 0.05) is 18.8 Å². The second kappa shape index (κ2) is 4.35. The molecule has 0 amide bonds. The van der Waals surface area contributed by atoms with E-state index in [2.05, 4.69) is 45.4 Å². The molecule has 2 nitrogen and oxygen atoms in total. The van der Waals surface area contributed by atoms with Gasteiger partial charge in [-0.05, 0) is 47.3 Å². The SMILES string of the molecule is C=CCN(c1ncc(C)cc1Br)C1CC1. The molecule has 2 rings (SSSR count). The molecule has 80 valence electrons. The number of pyridine rings is 1. The minimum absolute atomic E-state index is 0.662. The van der Waals surface area contributed by atoms with E-state index in [1.807, 2.05) is 12.3 Å². The summed E-state index contributed by atoms with van der Waals surface area (Å²) in [5.41, 5.74) is 1.18. The quantitative estimate of drug-likeness (QED) is 0.778. The zero-order valence-electron chi connectivity index (χ0n) is 8.91. The average Bonchev–Trinajstić information content (AvgIpc) is 2.98. The fourth-order valence-corrected chi connectivity index (χ4v) is 2.36. The van der Waals surface area contributed by atoms with Gasteiger partial charge >= 0.3 is 0 Å². The van der Waals surface area contributed by atoms with Gasteiger partial charge in [0.25, 0.3) is 0 Å². The Hall–Kier alpha value is -0.830. The topological polar surface area (TPSA) is 16.1 Å². The maximum atomic E-state index is 4.49. The summed E-state index contributed by atoms with van der Waals surface area (Å²) >= 11 is 3.58. The van der Waals surface area contributed by atoms with E-state index in [9.17, 15) is 0 Å². The first-order chi connectivity index (χ1) is 7.22. The van der Waals surface area contributed by atoms with Crippen molar-refractivity contribution in [2.45, 2.75) is 25.8 Å². The first kappa shape index (κ1) is 10.7. The Morgan fingerprint density at radius 2 is 2.40 bits per heavy atom. The highest BCUT2D eigenvalue weighted by molar-refractivity contribution is 9.10. The first-order valence-corrected chi connectivity index (χ1v) is 6.01. The number of nitrogens with zero attached hydrogens (tertiary/aromatic N) is 2. The molecule has 0 unspecified atom stereocenters.